The Morgan fingerprint density at radius 2 is 0.496 bits per heavy atom. The average molecular weight is 1650 g/mol. The quantitative estimate of drug-likeness (QED) is 0.0624. The summed E-state index contributed by atoms with van der Waals surface area (Å²) in [5.41, 5.74) is 11.0. The van der Waals surface area contributed by atoms with E-state index in [1.807, 2.05) is 0 Å². The summed E-state index contributed by atoms with van der Waals surface area (Å²) < 4.78 is 6.94. The number of aromatic nitrogens is 6. The first-order valence-electron chi connectivity index (χ1n) is 39.3. The summed E-state index contributed by atoms with van der Waals surface area (Å²) in [6, 6.07) is 145. The van der Waals surface area contributed by atoms with E-state index in [1.165, 1.54) is 134 Å². The SMILES string of the molecule is S=P(c1ccccc1)(c1ccccc1)c1ccc2cc3c(cc2c1)c1ccccc1n1c2ccccc2nc31.S=P(c1ccccc1)(c1ccccc1)c1cccc2cc3c4ccccc4n4c5ccccc5nc4c3cc12.[Se]=P(c1ccccc1)(c1ccccc1)c1ccc2cc3c4ccccc4n4c5ccccc5nc4c3cc2c1. The van der Waals surface area contributed by atoms with Gasteiger partial charge in [0.25, 0.3) is 0 Å². The van der Waals surface area contributed by atoms with Crippen molar-refractivity contribution in [3.63, 3.8) is 0 Å². The molecule has 0 amide bonds. The van der Waals surface area contributed by atoms with Crippen molar-refractivity contribution in [2.45, 2.75) is 0 Å². The van der Waals surface area contributed by atoms with Crippen LogP contribution in [-0.2, 0) is 23.6 Å². The first-order chi connectivity index (χ1) is 57.7. The van der Waals surface area contributed by atoms with Gasteiger partial charge >= 0.3 is 235 Å². The van der Waals surface area contributed by atoms with Crippen LogP contribution in [0.4, 0.5) is 0 Å². The summed E-state index contributed by atoms with van der Waals surface area (Å²) in [6.07, 6.45) is 0. The summed E-state index contributed by atoms with van der Waals surface area (Å²) in [5, 5.41) is 29.4. The van der Waals surface area contributed by atoms with Gasteiger partial charge in [-0.05, 0) is 126 Å². The van der Waals surface area contributed by atoms with Gasteiger partial charge in [0.15, 0.2) is 0 Å². The van der Waals surface area contributed by atoms with Gasteiger partial charge in [-0.25, -0.2) is 9.97 Å². The van der Waals surface area contributed by atoms with E-state index in [1.54, 1.807) is 0 Å². The van der Waals surface area contributed by atoms with Gasteiger partial charge < -0.3 is 0 Å². The van der Waals surface area contributed by atoms with Crippen molar-refractivity contribution in [3.8, 4) is 0 Å². The van der Waals surface area contributed by atoms with E-state index in [0.29, 0.717) is 0 Å². The molecule has 6 heterocycles. The molecule has 0 bridgehead atoms. The third-order valence-corrected chi connectivity index (χ3v) is 40.4. The molecule has 18 aromatic carbocycles. The average Bonchev–Trinajstić information content (AvgIpc) is 1.62. The number of rotatable bonds is 9. The molecule has 6 aromatic heterocycles. The second-order valence-corrected chi connectivity index (χ2v) is 44.9. The van der Waals surface area contributed by atoms with E-state index in [9.17, 15) is 0 Å². The fourth-order valence-corrected chi connectivity index (χ4v) is 30.7. The van der Waals surface area contributed by atoms with Crippen molar-refractivity contribution in [3.05, 3.63) is 419 Å². The van der Waals surface area contributed by atoms with Gasteiger partial charge in [0.1, 0.15) is 11.3 Å². The number of pyridine rings is 3. The van der Waals surface area contributed by atoms with E-state index < -0.39 is 17.6 Å². The van der Waals surface area contributed by atoms with Crippen LogP contribution in [0.5, 0.6) is 0 Å². The van der Waals surface area contributed by atoms with Gasteiger partial charge in [0, 0.05) is 38.9 Å². The molecule has 0 aliphatic rings. The molecule has 0 saturated heterocycles. The number of para-hydroxylation sites is 9. The summed E-state index contributed by atoms with van der Waals surface area (Å²) in [4.78, 5) is 15.4. The van der Waals surface area contributed by atoms with Crippen molar-refractivity contribution in [1.29, 1.82) is 0 Å². The van der Waals surface area contributed by atoms with E-state index in [2.05, 4.69) is 447 Å². The molecular formula is C105H69N6P3S2Se. The van der Waals surface area contributed by atoms with Gasteiger partial charge in [-0.1, -0.05) is 236 Å². The van der Waals surface area contributed by atoms with E-state index in [-0.39, 0.29) is 0 Å². The molecule has 0 fully saturated rings. The standard InChI is InChI=1S/2C35H23N2PS.C35H23N2PSe/c39-38(25-13-3-1-4-14-25,26-15-5-2-6-16-26)34-21-11-12-24-22-29-27-17-7-9-19-32(27)37-33-20-10-8-18-31(33)36-35(37)30(29)23-28(24)34;39-38(26-11-3-1-4-12-26,27-13-5-2-6-14-27)28-20-19-24-22-31-30(23-25(24)21-28)29-15-7-9-17-33(29)37-34-18-10-8-16-32(34)36-35(31)37;39-38(26-11-3-1-4-12-26,27-13-5-2-6-14-27)28-20-19-24-22-30-29-15-7-9-17-33(29)37-34-18-10-8-16-32(34)36-35(37)31(30)23-25(24)21-28/h3*1-23H. The Bertz CT molecular complexity index is 8130. The Morgan fingerprint density at radius 3 is 0.906 bits per heavy atom. The molecule has 24 rings (SSSR count). The van der Waals surface area contributed by atoms with Crippen molar-refractivity contribution in [2.75, 3.05) is 0 Å². The fraction of sp³-hybridized carbons (Fsp3) is 0. The molecule has 6 nitrogen and oxygen atoms in total. The van der Waals surface area contributed by atoms with Crippen LogP contribution in [0.1, 0.15) is 0 Å². The van der Waals surface area contributed by atoms with Gasteiger partial charge in [-0.15, -0.1) is 0 Å². The van der Waals surface area contributed by atoms with Crippen LogP contribution in [0.15, 0.2) is 419 Å². The minimum atomic E-state index is -2.33. The van der Waals surface area contributed by atoms with Gasteiger partial charge in [-0.2, -0.15) is 0 Å². The molecule has 0 aliphatic heterocycles. The Labute approximate surface area is 692 Å². The van der Waals surface area contributed by atoms with Crippen LogP contribution in [0.3, 0.4) is 0 Å². The number of imidazole rings is 3. The first-order valence-corrected chi connectivity index (χ1v) is 48.9. The van der Waals surface area contributed by atoms with Crippen LogP contribution < -0.4 is 47.7 Å². The zero-order valence-corrected chi connectivity index (χ0v) is 69.1. The Balaban J connectivity index is 0.000000106. The number of benzene rings is 18. The van der Waals surface area contributed by atoms with Crippen LogP contribution in [0.25, 0.3) is 147 Å². The van der Waals surface area contributed by atoms with Gasteiger partial charge in [0.05, 0.1) is 33.1 Å². The Morgan fingerprint density at radius 1 is 0.197 bits per heavy atom. The zero-order valence-electron chi connectivity index (χ0n) is 63.1. The third-order valence-electron chi connectivity index (χ3n) is 23.4. The minimum absolute atomic E-state index is 0.981. The number of nitrogens with zero attached hydrogens (tertiary/aromatic N) is 6. The Hall–Kier alpha value is -12.6. The first kappa shape index (κ1) is 71.0. The van der Waals surface area contributed by atoms with E-state index in [0.717, 1.165) is 60.8 Å². The Kier molecular flexibility index (Phi) is 17.4. The molecule has 12 heteroatoms. The normalized spacial score (nSPS) is 12.2. The monoisotopic (exact) mass is 1650 g/mol. The summed E-state index contributed by atoms with van der Waals surface area (Å²) in [6.45, 7) is 0. The molecule has 0 unspecified atom stereocenters. The molecule has 0 spiro atoms. The molecule has 552 valence electrons. The van der Waals surface area contributed by atoms with Crippen molar-refractivity contribution in [1.82, 2.24) is 28.2 Å². The topological polar surface area (TPSA) is 51.9 Å². The van der Waals surface area contributed by atoms with Crippen LogP contribution in [0, 0.1) is 0 Å². The molecule has 0 saturated carbocycles. The van der Waals surface area contributed by atoms with Gasteiger partial charge in [-0.3, -0.25) is 8.80 Å². The zero-order chi connectivity index (χ0) is 77.9. The predicted octanol–water partition coefficient (Wildman–Crippen LogP) is 22.7. The molecule has 0 aliphatic carbocycles. The van der Waals surface area contributed by atoms with Crippen molar-refractivity contribution in [2.24, 2.45) is 0 Å². The van der Waals surface area contributed by atoms with Crippen molar-refractivity contribution >= 4 is 251 Å². The predicted molar refractivity (Wildman–Crippen MR) is 512 cm³/mol. The van der Waals surface area contributed by atoms with E-state index >= 15 is 0 Å². The third kappa shape index (κ3) is 11.5. The molecule has 0 radical (unpaired) electrons. The maximum atomic E-state index is 6.77. The van der Waals surface area contributed by atoms with Crippen LogP contribution >= 0.6 is 17.6 Å². The van der Waals surface area contributed by atoms with Crippen molar-refractivity contribution < 1.29 is 0 Å². The number of hydrogen-bond donors (Lipinski definition) is 0. The second kappa shape index (κ2) is 28.7. The summed E-state index contributed by atoms with van der Waals surface area (Å²) >= 11 is 17.1. The maximum absolute atomic E-state index is 6.77. The second-order valence-electron chi connectivity index (χ2n) is 29.9. The molecule has 117 heavy (non-hydrogen) atoms. The van der Waals surface area contributed by atoms with Crippen LogP contribution in [-0.4, -0.2) is 43.3 Å². The van der Waals surface area contributed by atoms with E-state index in [4.69, 9.17) is 38.6 Å². The fourth-order valence-electron chi connectivity index (χ4n) is 18.0. The van der Waals surface area contributed by atoms with Crippen LogP contribution in [0.2, 0.25) is 0 Å². The molecular weight excluding hydrogens is 1580 g/mol. The summed E-state index contributed by atoms with van der Waals surface area (Å²) in [5.74, 6) is 0. The molecule has 0 atom stereocenters. The summed E-state index contributed by atoms with van der Waals surface area (Å²) in [7, 11) is 0. The molecule has 0 N–H and O–H groups in total. The number of hydrogen-bond acceptors (Lipinski definition) is 5. The number of fused-ring (bicyclic) bond motifs is 27. The van der Waals surface area contributed by atoms with Gasteiger partial charge in [0.2, 0.25) is 0 Å². The molecule has 24 aromatic rings.